The van der Waals surface area contributed by atoms with Gasteiger partial charge >= 0.3 is 17.9 Å². The summed E-state index contributed by atoms with van der Waals surface area (Å²) in [6.07, 6.45) is 8.78. The van der Waals surface area contributed by atoms with Crippen LogP contribution in [0.15, 0.2) is 181 Å². The molecule has 3 aliphatic rings. The Labute approximate surface area is 524 Å². The van der Waals surface area contributed by atoms with E-state index >= 15 is 0 Å². The van der Waals surface area contributed by atoms with Crippen molar-refractivity contribution in [3.8, 4) is 0 Å². The number of anilines is 9. The first-order chi connectivity index (χ1) is 42.6. The lowest BCUT2D eigenvalue weighted by molar-refractivity contribution is -0.401. The molecule has 10 rings (SSSR count). The molecule has 0 saturated carbocycles. The number of rotatable bonds is 16. The van der Waals surface area contributed by atoms with Gasteiger partial charge in [0.1, 0.15) is 25.4 Å². The lowest BCUT2D eigenvalue weighted by atomic mass is 9.81. The van der Waals surface area contributed by atoms with Crippen LogP contribution in [0.1, 0.15) is 79.0 Å². The zero-order valence-corrected chi connectivity index (χ0v) is 52.6. The Hall–Kier alpha value is -10.4. The maximum atomic E-state index is 9.45. The molecule has 468 valence electrons. The van der Waals surface area contributed by atoms with Gasteiger partial charge in [0, 0.05) is 131 Å². The topological polar surface area (TPSA) is 297 Å². The zero-order valence-electron chi connectivity index (χ0n) is 52.6. The molecule has 90 heavy (non-hydrogen) atoms. The van der Waals surface area contributed by atoms with Crippen molar-refractivity contribution < 1.29 is 59.6 Å². The third-order valence-corrected chi connectivity index (χ3v) is 15.4. The first-order valence-corrected chi connectivity index (χ1v) is 29.1. The van der Waals surface area contributed by atoms with Gasteiger partial charge in [0.25, 0.3) is 0 Å². The summed E-state index contributed by atoms with van der Waals surface area (Å²) in [5.74, 6) is -2.47. The number of para-hydroxylation sites is 3. The van der Waals surface area contributed by atoms with Gasteiger partial charge in [-0.25, -0.2) is 24.4 Å². The molecule has 3 atom stereocenters. The van der Waals surface area contributed by atoms with Gasteiger partial charge in [-0.3, -0.25) is 0 Å². The monoisotopic (exact) mass is 1220 g/mol. The highest BCUT2D eigenvalue weighted by Gasteiger charge is 2.43. The Bertz CT molecular complexity index is 3740. The number of allylic oxidation sites excluding steroid dienone is 5. The number of aliphatic hydroxyl groups excluding tert-OH is 3. The summed E-state index contributed by atoms with van der Waals surface area (Å²) >= 11 is 0. The van der Waals surface area contributed by atoms with Crippen molar-refractivity contribution in [1.82, 2.24) is 15.0 Å². The molecule has 0 saturated heterocycles. The number of carbonyl (C=O) groups is 3. The van der Waals surface area contributed by atoms with Crippen LogP contribution < -0.4 is 41.1 Å². The Balaban J connectivity index is 0.000000561. The van der Waals surface area contributed by atoms with Crippen LogP contribution in [0, 0.1) is 0 Å². The number of nitrogens with zero attached hydrogens (tertiary/aromatic N) is 6. The molecule has 0 radical (unpaired) electrons. The highest BCUT2D eigenvalue weighted by atomic mass is 16.4. The minimum atomic E-state index is -1.23. The molecule has 4 heterocycles. The van der Waals surface area contributed by atoms with Gasteiger partial charge in [-0.1, -0.05) is 100 Å². The summed E-state index contributed by atoms with van der Waals surface area (Å²) in [5, 5.41) is 61.2. The maximum absolute atomic E-state index is 9.45. The van der Waals surface area contributed by atoms with Crippen molar-refractivity contribution in [3.63, 3.8) is 0 Å². The standard InChI is InChI=1S/C60H60N12.3C3H6O3/c1-58(2)46-25-10-13-28-49(46)70(7)52(58)31-34-61-40-19-16-22-43(37-40)64-55-67-56(65-44-23-17-20-41(38-44)62-35-32-53-59(3,4)47-26-11-14-29-50(47)71(53)8)69-57(68-55)66-45-24-18-21-42(39-45)63-36-33-54-60(5,6)48-27-12-15-30-51(48)72(54)9;3*1-2(4)3(5)6/h10-39H,1-9H3,(H3,64,65,66,67,68,69);3*2,4H,1H3,(H,5,6)/p+3. The van der Waals surface area contributed by atoms with Crippen molar-refractivity contribution in [2.45, 2.75) is 96.9 Å². The summed E-state index contributed by atoms with van der Waals surface area (Å²) in [7, 11) is 6.38. The predicted molar refractivity (Wildman–Crippen MR) is 355 cm³/mol. The Morgan fingerprint density at radius 2 is 0.856 bits per heavy atom. The molecule has 1 aromatic heterocycles. The van der Waals surface area contributed by atoms with E-state index in [4.69, 9.17) is 45.6 Å². The number of aliphatic hydroxyl groups is 3. The van der Waals surface area contributed by atoms with Crippen molar-refractivity contribution in [2.75, 3.05) is 52.2 Å². The van der Waals surface area contributed by atoms with Crippen LogP contribution in [0.4, 0.5) is 69.0 Å². The van der Waals surface area contributed by atoms with Crippen molar-refractivity contribution in [2.24, 2.45) is 0 Å². The summed E-state index contributed by atoms with van der Waals surface area (Å²) in [4.78, 5) is 54.5. The number of nitrogens with one attached hydrogen (secondary N) is 6. The number of aliphatic carboxylic acids is 3. The molecule has 21 nitrogen and oxygen atoms in total. The van der Waals surface area contributed by atoms with Crippen LogP contribution in [-0.4, -0.2) is 126 Å². The molecule has 12 N–H and O–H groups in total. The Kier molecular flexibility index (Phi) is 21.7. The van der Waals surface area contributed by atoms with Crippen molar-refractivity contribution in [3.05, 3.63) is 198 Å². The number of hydrogen-bond donors (Lipinski definition) is 12. The number of aromatic nitrogens is 3. The summed E-state index contributed by atoms with van der Waals surface area (Å²) in [6.45, 7) is 17.2. The van der Waals surface area contributed by atoms with E-state index in [1.807, 2.05) is 91.4 Å². The van der Waals surface area contributed by atoms with Gasteiger partial charge in [-0.2, -0.15) is 19.5 Å². The fourth-order valence-corrected chi connectivity index (χ4v) is 10.5. The predicted octanol–water partition coefficient (Wildman–Crippen LogP) is 8.28. The third-order valence-electron chi connectivity index (χ3n) is 15.4. The molecule has 0 bridgehead atoms. The van der Waals surface area contributed by atoms with Crippen LogP contribution in [0.3, 0.4) is 0 Å². The summed E-state index contributed by atoms with van der Waals surface area (Å²) in [6, 6.07) is 49.9. The molecule has 0 aliphatic carbocycles. The molecule has 0 spiro atoms. The van der Waals surface area contributed by atoms with E-state index in [2.05, 4.69) is 199 Å². The lowest BCUT2D eigenvalue weighted by Crippen LogP contribution is -2.61. The molecule has 21 heteroatoms. The number of likely N-dealkylation sites (N-methyl/N-ethyl adjacent to an activating group) is 2. The fraction of sp³-hybridized carbons (Fsp3) is 0.261. The normalized spacial score (nSPS) is 16.6. The van der Waals surface area contributed by atoms with E-state index in [-0.39, 0.29) is 16.2 Å². The number of hydrogen-bond acceptors (Lipinski definition) is 15. The SMILES string of the molecule is CC(O)C(=O)O.CC(O)C(=O)O.CC(O)C(=O)O.CN1C(=CC=[NH+]c2cccc(Nc3nc(Nc4cccc(NC=CC5=[N+](C)c6ccccc6C5(C)C)c4)nc(Nc4cccc([NH+]=CC=C5N(C)c6ccccc6C5(C)C)c4)n3)c2)C(C)(C)c2ccccc21. The molecular formula is C69H81N12O9+3. The van der Waals surface area contributed by atoms with Crippen molar-refractivity contribution >= 4 is 105 Å². The quantitative estimate of drug-likeness (QED) is 0.0320. The Morgan fingerprint density at radius 1 is 0.500 bits per heavy atom. The van der Waals surface area contributed by atoms with Crippen LogP contribution in [-0.2, 0) is 30.6 Å². The Morgan fingerprint density at radius 3 is 1.24 bits per heavy atom. The van der Waals surface area contributed by atoms with Crippen LogP contribution >= 0.6 is 0 Å². The number of carboxylic acid groups (broad SMARTS) is 3. The van der Waals surface area contributed by atoms with Crippen LogP contribution in [0.25, 0.3) is 0 Å². The molecule has 3 unspecified atom stereocenters. The number of benzene rings is 6. The second kappa shape index (κ2) is 29.1. The molecule has 7 aromatic rings. The highest BCUT2D eigenvalue weighted by Crippen LogP contribution is 2.47. The third kappa shape index (κ3) is 16.4. The van der Waals surface area contributed by atoms with Gasteiger partial charge in [-0.15, -0.1) is 0 Å². The highest BCUT2D eigenvalue weighted by molar-refractivity contribution is 6.03. The first-order valence-electron chi connectivity index (χ1n) is 29.1. The smallest absolute Gasteiger partial charge is 0.332 e. The summed E-state index contributed by atoms with van der Waals surface area (Å²) < 4.78 is 2.27. The second-order valence-corrected chi connectivity index (χ2v) is 23.2. The average Bonchev–Trinajstić information content (AvgIpc) is 1.63. The van der Waals surface area contributed by atoms with E-state index in [1.54, 1.807) is 0 Å². The van der Waals surface area contributed by atoms with Gasteiger partial charge in [0.2, 0.25) is 34.9 Å². The molecule has 6 aromatic carbocycles. The largest absolute Gasteiger partial charge is 0.479 e. The van der Waals surface area contributed by atoms with Gasteiger partial charge in [0.15, 0.2) is 18.1 Å². The van der Waals surface area contributed by atoms with E-state index in [0.717, 1.165) is 34.1 Å². The zero-order chi connectivity index (χ0) is 65.7. The van der Waals surface area contributed by atoms with Crippen LogP contribution in [0.2, 0.25) is 0 Å². The number of fused-ring (bicyclic) bond motifs is 3. The maximum Gasteiger partial charge on any atom is 0.332 e. The van der Waals surface area contributed by atoms with Gasteiger partial charge < -0.3 is 61.7 Å². The fourth-order valence-electron chi connectivity index (χ4n) is 10.5. The van der Waals surface area contributed by atoms with Gasteiger partial charge in [0.05, 0.1) is 5.41 Å². The number of carboxylic acids is 3. The molecule has 0 fully saturated rings. The average molecular weight is 1220 g/mol. The minimum absolute atomic E-state index is 0.125. The molecular weight excluding hydrogens is 1140 g/mol. The second-order valence-electron chi connectivity index (χ2n) is 23.2. The minimum Gasteiger partial charge on any atom is -0.479 e. The van der Waals surface area contributed by atoms with E-state index in [1.165, 1.54) is 71.6 Å². The van der Waals surface area contributed by atoms with E-state index in [0.29, 0.717) is 17.8 Å². The lowest BCUT2D eigenvalue weighted by Gasteiger charge is -2.23. The molecule has 0 amide bonds. The summed E-state index contributed by atoms with van der Waals surface area (Å²) in [5.41, 5.74) is 16.0. The van der Waals surface area contributed by atoms with E-state index < -0.39 is 36.2 Å². The van der Waals surface area contributed by atoms with Crippen LogP contribution in [0.5, 0.6) is 0 Å². The van der Waals surface area contributed by atoms with Gasteiger partial charge in [-0.05, 0) is 88.2 Å². The first kappa shape index (κ1) is 67.2. The van der Waals surface area contributed by atoms with E-state index in [9.17, 15) is 14.4 Å². The van der Waals surface area contributed by atoms with Crippen molar-refractivity contribution in [1.29, 1.82) is 0 Å². The molecule has 3 aliphatic heterocycles.